The van der Waals surface area contributed by atoms with E-state index in [9.17, 15) is 9.90 Å². The summed E-state index contributed by atoms with van der Waals surface area (Å²) in [6.45, 7) is 12.1. The number of aliphatic hydroxyl groups excluding tert-OH is 1. The van der Waals surface area contributed by atoms with Crippen LogP contribution in [0.1, 0.15) is 69.0 Å². The molecule has 0 aliphatic heterocycles. The van der Waals surface area contributed by atoms with Gasteiger partial charge in [-0.2, -0.15) is 0 Å². The number of hydrogen-bond donors (Lipinski definition) is 1. The van der Waals surface area contributed by atoms with Crippen LogP contribution in [0, 0.1) is 23.2 Å². The molecule has 33 heavy (non-hydrogen) atoms. The number of fused-ring (bicyclic) bond motifs is 2. The molecule has 1 aromatic carbocycles. The summed E-state index contributed by atoms with van der Waals surface area (Å²) in [5.41, 5.74) is 1.25. The summed E-state index contributed by atoms with van der Waals surface area (Å²) in [5.74, 6) is 1.30. The molecule has 2 aliphatic carbocycles. The van der Waals surface area contributed by atoms with Gasteiger partial charge in [0.15, 0.2) is 0 Å². The van der Waals surface area contributed by atoms with Crippen LogP contribution < -0.4 is 0 Å². The van der Waals surface area contributed by atoms with E-state index < -0.39 is 6.10 Å². The second-order valence-corrected chi connectivity index (χ2v) is 12.4. The van der Waals surface area contributed by atoms with Crippen LogP contribution >= 0.6 is 23.1 Å². The molecule has 1 amide bonds. The molecule has 0 spiro atoms. The first kappa shape index (κ1) is 24.7. The van der Waals surface area contributed by atoms with Gasteiger partial charge in [0.25, 0.3) is 0 Å². The molecular formula is C27H38N2O2S2. The summed E-state index contributed by atoms with van der Waals surface area (Å²) in [4.78, 5) is 22.7. The molecule has 4 rings (SSSR count). The molecular weight excluding hydrogens is 448 g/mol. The fraction of sp³-hybridized carbons (Fsp3) is 0.630. The molecule has 0 saturated heterocycles. The molecule has 1 heterocycles. The first-order valence-electron chi connectivity index (χ1n) is 12.4. The molecule has 0 bridgehead atoms. The lowest BCUT2D eigenvalue weighted by Crippen LogP contribution is -2.53. The van der Waals surface area contributed by atoms with Crippen molar-refractivity contribution < 1.29 is 9.90 Å². The Morgan fingerprint density at radius 1 is 1.30 bits per heavy atom. The molecule has 0 radical (unpaired) electrons. The van der Waals surface area contributed by atoms with Crippen molar-refractivity contribution in [1.29, 1.82) is 0 Å². The van der Waals surface area contributed by atoms with E-state index in [-0.39, 0.29) is 35.0 Å². The Morgan fingerprint density at radius 2 is 2.00 bits per heavy atom. The van der Waals surface area contributed by atoms with Crippen molar-refractivity contribution in [3.05, 3.63) is 45.9 Å². The van der Waals surface area contributed by atoms with Crippen molar-refractivity contribution in [3.8, 4) is 0 Å². The van der Waals surface area contributed by atoms with Gasteiger partial charge in [0.2, 0.25) is 5.91 Å². The summed E-state index contributed by atoms with van der Waals surface area (Å²) < 4.78 is 0. The highest BCUT2D eigenvalue weighted by Crippen LogP contribution is 2.57. The van der Waals surface area contributed by atoms with Crippen molar-refractivity contribution >= 4 is 29.0 Å². The van der Waals surface area contributed by atoms with Crippen molar-refractivity contribution in [1.82, 2.24) is 9.88 Å². The number of nitrogens with zero attached hydrogens (tertiary/aromatic N) is 2. The zero-order chi connectivity index (χ0) is 23.8. The third-order valence-corrected chi connectivity index (χ3v) is 10.5. The van der Waals surface area contributed by atoms with E-state index in [2.05, 4.69) is 38.1 Å². The second kappa shape index (κ2) is 10.1. The number of rotatable bonds is 7. The maximum absolute atomic E-state index is 13.1. The zero-order valence-corrected chi connectivity index (χ0v) is 22.2. The molecule has 1 aromatic heterocycles. The number of aromatic nitrogens is 1. The quantitative estimate of drug-likeness (QED) is 0.488. The fourth-order valence-corrected chi connectivity index (χ4v) is 8.61. The van der Waals surface area contributed by atoms with E-state index in [1.165, 1.54) is 20.5 Å². The number of hydrogen-bond acceptors (Lipinski definition) is 5. The van der Waals surface area contributed by atoms with Crippen LogP contribution in [0.2, 0.25) is 0 Å². The van der Waals surface area contributed by atoms with Gasteiger partial charge in [0, 0.05) is 34.7 Å². The number of benzene rings is 1. The maximum Gasteiger partial charge on any atom is 0.225 e. The molecule has 1 N–H and O–H groups in total. The third-order valence-electron chi connectivity index (χ3n) is 8.18. The lowest BCUT2D eigenvalue weighted by atomic mass is 9.53. The van der Waals surface area contributed by atoms with Gasteiger partial charge >= 0.3 is 0 Å². The minimum atomic E-state index is -0.467. The van der Waals surface area contributed by atoms with Crippen LogP contribution in [0.3, 0.4) is 0 Å². The molecule has 180 valence electrons. The molecule has 0 unspecified atom stereocenters. The molecule has 2 aromatic rings. The number of amides is 1. The van der Waals surface area contributed by atoms with Crippen LogP contribution in [0.5, 0.6) is 0 Å². The van der Waals surface area contributed by atoms with Gasteiger partial charge in [0.05, 0.1) is 17.6 Å². The van der Waals surface area contributed by atoms with Crippen LogP contribution in [0.15, 0.2) is 35.2 Å². The minimum Gasteiger partial charge on any atom is -0.392 e. The number of carbonyl (C=O) groups is 1. The maximum atomic E-state index is 13.1. The zero-order valence-electron chi connectivity index (χ0n) is 20.6. The van der Waals surface area contributed by atoms with Crippen LogP contribution in [-0.4, -0.2) is 40.1 Å². The Labute approximate surface area is 207 Å². The van der Waals surface area contributed by atoms with Gasteiger partial charge in [-0.1, -0.05) is 39.0 Å². The predicted octanol–water partition coefficient (Wildman–Crippen LogP) is 5.99. The van der Waals surface area contributed by atoms with Crippen LogP contribution in [0.4, 0.5) is 0 Å². The van der Waals surface area contributed by atoms with Gasteiger partial charge in [0.1, 0.15) is 5.01 Å². The van der Waals surface area contributed by atoms with E-state index in [1.807, 2.05) is 54.8 Å². The summed E-state index contributed by atoms with van der Waals surface area (Å²) >= 11 is 3.70. The lowest BCUT2D eigenvalue weighted by molar-refractivity contribution is -0.144. The Balaban J connectivity index is 1.52. The predicted molar refractivity (Wildman–Crippen MR) is 138 cm³/mol. The smallest absolute Gasteiger partial charge is 0.225 e. The average Bonchev–Trinajstić information content (AvgIpc) is 3.21. The number of thiazole rings is 1. The van der Waals surface area contributed by atoms with E-state index in [0.717, 1.165) is 38.1 Å². The highest BCUT2D eigenvalue weighted by molar-refractivity contribution is 7.98. The van der Waals surface area contributed by atoms with Gasteiger partial charge in [-0.3, -0.25) is 4.79 Å². The Morgan fingerprint density at radius 3 is 2.67 bits per heavy atom. The van der Waals surface area contributed by atoms with E-state index >= 15 is 0 Å². The van der Waals surface area contributed by atoms with Crippen molar-refractivity contribution in [2.24, 2.45) is 23.2 Å². The molecule has 4 nitrogen and oxygen atoms in total. The van der Waals surface area contributed by atoms with Crippen LogP contribution in [-0.2, 0) is 17.0 Å². The highest BCUT2D eigenvalue weighted by Gasteiger charge is 2.54. The fourth-order valence-electron chi connectivity index (χ4n) is 6.33. The second-order valence-electron chi connectivity index (χ2n) is 10.2. The van der Waals surface area contributed by atoms with Gasteiger partial charge in [-0.05, 0) is 62.5 Å². The molecule has 1 fully saturated rings. The number of aliphatic hydroxyl groups is 1. The molecule has 1 saturated carbocycles. The monoisotopic (exact) mass is 486 g/mol. The van der Waals surface area contributed by atoms with Crippen molar-refractivity contribution in [2.75, 3.05) is 13.1 Å². The average molecular weight is 487 g/mol. The Kier molecular flexibility index (Phi) is 7.56. The van der Waals surface area contributed by atoms with Crippen LogP contribution in [0.25, 0.3) is 0 Å². The SMILES string of the molecule is CCN(CC)C(=O)[C@@H](C)[C@@H]1CC[C@@]2(C)Cc3sc(CSc4ccccc4)nc3[C@@H](C)[C@@H]2[C@H]1O. The Bertz CT molecular complexity index is 958. The standard InChI is InChI=1S/C27H38N2O2S2/c1-6-29(7-2)26(31)17(3)20-13-14-27(5)15-21-24(18(4)23(27)25(20)30)28-22(33-21)16-32-19-11-9-8-10-12-19/h8-12,17-18,20,23,25,30H,6-7,13-16H2,1-5H3/t17-,18-,20-,23+,25-,27-/m0/s1. The Hall–Kier alpha value is -1.37. The van der Waals surface area contributed by atoms with Gasteiger partial charge in [-0.25, -0.2) is 4.98 Å². The first-order chi connectivity index (χ1) is 15.8. The highest BCUT2D eigenvalue weighted by atomic mass is 32.2. The third kappa shape index (κ3) is 4.76. The van der Waals surface area contributed by atoms with Gasteiger partial charge < -0.3 is 10.0 Å². The molecule has 6 atom stereocenters. The molecule has 2 aliphatic rings. The van der Waals surface area contributed by atoms with E-state index in [4.69, 9.17) is 4.98 Å². The minimum absolute atomic E-state index is 0.0203. The largest absolute Gasteiger partial charge is 0.392 e. The summed E-state index contributed by atoms with van der Waals surface area (Å²) in [5, 5.41) is 12.8. The normalized spacial score (nSPS) is 29.8. The summed E-state index contributed by atoms with van der Waals surface area (Å²) in [6.07, 6.45) is 2.50. The van der Waals surface area contributed by atoms with E-state index in [1.54, 1.807) is 0 Å². The van der Waals surface area contributed by atoms with Crippen molar-refractivity contribution in [2.45, 2.75) is 76.6 Å². The van der Waals surface area contributed by atoms with Crippen molar-refractivity contribution in [3.63, 3.8) is 0 Å². The summed E-state index contributed by atoms with van der Waals surface area (Å²) in [7, 11) is 0. The molecule has 6 heteroatoms. The van der Waals surface area contributed by atoms with Gasteiger partial charge in [-0.15, -0.1) is 23.1 Å². The number of thioether (sulfide) groups is 1. The lowest BCUT2D eigenvalue weighted by Gasteiger charge is -2.53. The topological polar surface area (TPSA) is 53.4 Å². The summed E-state index contributed by atoms with van der Waals surface area (Å²) in [6, 6.07) is 10.5. The van der Waals surface area contributed by atoms with E-state index in [0.29, 0.717) is 0 Å². The first-order valence-corrected chi connectivity index (χ1v) is 14.2. The number of carbonyl (C=O) groups excluding carboxylic acids is 1.